The van der Waals surface area contributed by atoms with Crippen molar-refractivity contribution < 1.29 is 4.39 Å². The zero-order valence-electron chi connectivity index (χ0n) is 9.58. The van der Waals surface area contributed by atoms with E-state index in [0.29, 0.717) is 5.75 Å². The number of aromatic nitrogens is 2. The van der Waals surface area contributed by atoms with E-state index in [4.69, 9.17) is 5.84 Å². The SMILES string of the molecule is NNC(CSc1cccc(F)c1)c1cncnc1. The molecule has 1 atom stereocenters. The smallest absolute Gasteiger partial charge is 0.124 e. The lowest BCUT2D eigenvalue weighted by Crippen LogP contribution is -2.29. The van der Waals surface area contributed by atoms with E-state index in [9.17, 15) is 4.39 Å². The van der Waals surface area contributed by atoms with Crippen molar-refractivity contribution in [2.45, 2.75) is 10.9 Å². The van der Waals surface area contributed by atoms with E-state index >= 15 is 0 Å². The van der Waals surface area contributed by atoms with Crippen LogP contribution >= 0.6 is 11.8 Å². The minimum absolute atomic E-state index is 0.0699. The van der Waals surface area contributed by atoms with Crippen LogP contribution in [0.15, 0.2) is 47.9 Å². The summed E-state index contributed by atoms with van der Waals surface area (Å²) in [6.07, 6.45) is 4.89. The number of nitrogens with two attached hydrogens (primary N) is 1. The second kappa shape index (κ2) is 6.44. The lowest BCUT2D eigenvalue weighted by atomic mass is 10.2. The topological polar surface area (TPSA) is 63.8 Å². The van der Waals surface area contributed by atoms with E-state index < -0.39 is 0 Å². The maximum absolute atomic E-state index is 13.0. The van der Waals surface area contributed by atoms with Crippen molar-refractivity contribution >= 4 is 11.8 Å². The van der Waals surface area contributed by atoms with Crippen LogP contribution in [-0.4, -0.2) is 15.7 Å². The molecule has 0 fully saturated rings. The van der Waals surface area contributed by atoms with E-state index in [1.54, 1.807) is 18.5 Å². The average molecular weight is 264 g/mol. The Hall–Kier alpha value is -1.50. The first kappa shape index (κ1) is 12.9. The molecule has 2 aromatic rings. The van der Waals surface area contributed by atoms with Crippen LogP contribution in [0.2, 0.25) is 0 Å². The van der Waals surface area contributed by atoms with Crippen molar-refractivity contribution in [2.24, 2.45) is 5.84 Å². The van der Waals surface area contributed by atoms with Gasteiger partial charge in [0.05, 0.1) is 6.04 Å². The Balaban J connectivity index is 2.00. The van der Waals surface area contributed by atoms with Crippen molar-refractivity contribution in [3.63, 3.8) is 0 Å². The Morgan fingerprint density at radius 2 is 2.11 bits per heavy atom. The van der Waals surface area contributed by atoms with Gasteiger partial charge >= 0.3 is 0 Å². The normalized spacial score (nSPS) is 12.3. The molecule has 0 aliphatic heterocycles. The Kier molecular flexibility index (Phi) is 4.63. The minimum Gasteiger partial charge on any atom is -0.271 e. The van der Waals surface area contributed by atoms with Gasteiger partial charge in [-0.05, 0) is 18.2 Å². The molecule has 18 heavy (non-hydrogen) atoms. The molecule has 0 radical (unpaired) electrons. The second-order valence-electron chi connectivity index (χ2n) is 3.66. The highest BCUT2D eigenvalue weighted by molar-refractivity contribution is 7.99. The summed E-state index contributed by atoms with van der Waals surface area (Å²) in [5.74, 6) is 5.94. The van der Waals surface area contributed by atoms with Crippen molar-refractivity contribution in [1.82, 2.24) is 15.4 Å². The maximum Gasteiger partial charge on any atom is 0.124 e. The number of nitrogens with zero attached hydrogens (tertiary/aromatic N) is 2. The molecule has 2 rings (SSSR count). The summed E-state index contributed by atoms with van der Waals surface area (Å²) in [5, 5.41) is 0. The van der Waals surface area contributed by atoms with Gasteiger partial charge in [0.1, 0.15) is 12.1 Å². The molecule has 0 saturated heterocycles. The molecule has 1 aromatic carbocycles. The first-order chi connectivity index (χ1) is 8.79. The molecule has 1 aromatic heterocycles. The van der Waals surface area contributed by atoms with Crippen LogP contribution < -0.4 is 11.3 Å². The van der Waals surface area contributed by atoms with Gasteiger partial charge in [0.25, 0.3) is 0 Å². The Labute approximate surface area is 109 Å². The predicted octanol–water partition coefficient (Wildman–Crippen LogP) is 1.91. The molecule has 0 saturated carbocycles. The molecule has 0 amide bonds. The van der Waals surface area contributed by atoms with E-state index in [0.717, 1.165) is 10.5 Å². The van der Waals surface area contributed by atoms with Crippen molar-refractivity contribution in [3.05, 3.63) is 54.4 Å². The van der Waals surface area contributed by atoms with Gasteiger partial charge in [0.2, 0.25) is 0 Å². The van der Waals surface area contributed by atoms with Crippen molar-refractivity contribution in [2.75, 3.05) is 5.75 Å². The monoisotopic (exact) mass is 264 g/mol. The largest absolute Gasteiger partial charge is 0.271 e. The number of nitrogens with one attached hydrogen (secondary N) is 1. The first-order valence-electron chi connectivity index (χ1n) is 5.39. The fraction of sp³-hybridized carbons (Fsp3) is 0.167. The summed E-state index contributed by atoms with van der Waals surface area (Å²) < 4.78 is 13.0. The van der Waals surface area contributed by atoms with Gasteiger partial charge in [0, 0.05) is 28.6 Å². The third-order valence-electron chi connectivity index (χ3n) is 2.40. The number of hydrogen-bond donors (Lipinski definition) is 2. The lowest BCUT2D eigenvalue weighted by molar-refractivity contribution is 0.605. The third-order valence-corrected chi connectivity index (χ3v) is 3.48. The Morgan fingerprint density at radius 3 is 2.78 bits per heavy atom. The highest BCUT2D eigenvalue weighted by Gasteiger charge is 2.10. The van der Waals surface area contributed by atoms with Gasteiger partial charge in [-0.15, -0.1) is 11.8 Å². The van der Waals surface area contributed by atoms with Gasteiger partial charge in [0.15, 0.2) is 0 Å². The summed E-state index contributed by atoms with van der Waals surface area (Å²) >= 11 is 1.52. The molecule has 0 aliphatic rings. The van der Waals surface area contributed by atoms with Crippen LogP contribution in [0.1, 0.15) is 11.6 Å². The van der Waals surface area contributed by atoms with Crippen molar-refractivity contribution in [3.8, 4) is 0 Å². The van der Waals surface area contributed by atoms with Crippen LogP contribution in [0.25, 0.3) is 0 Å². The van der Waals surface area contributed by atoms with E-state index in [1.807, 2.05) is 6.07 Å². The molecule has 94 valence electrons. The van der Waals surface area contributed by atoms with Crippen LogP contribution in [0.4, 0.5) is 4.39 Å². The second-order valence-corrected chi connectivity index (χ2v) is 4.75. The fourth-order valence-electron chi connectivity index (χ4n) is 1.47. The molecule has 0 aliphatic carbocycles. The minimum atomic E-state index is -0.236. The standard InChI is InChI=1S/C12H13FN4S/c13-10-2-1-3-11(4-10)18-7-12(17-14)9-5-15-8-16-6-9/h1-6,8,12,17H,7,14H2. The zero-order chi connectivity index (χ0) is 12.8. The molecule has 4 nitrogen and oxygen atoms in total. The van der Waals surface area contributed by atoms with E-state index in [2.05, 4.69) is 15.4 Å². The van der Waals surface area contributed by atoms with Crippen molar-refractivity contribution in [1.29, 1.82) is 0 Å². The van der Waals surface area contributed by atoms with Crippen LogP contribution in [0, 0.1) is 5.82 Å². The average Bonchev–Trinajstić information content (AvgIpc) is 2.41. The van der Waals surface area contributed by atoms with Gasteiger partial charge in [-0.3, -0.25) is 11.3 Å². The van der Waals surface area contributed by atoms with E-state index in [-0.39, 0.29) is 11.9 Å². The zero-order valence-corrected chi connectivity index (χ0v) is 10.4. The summed E-state index contributed by atoms with van der Waals surface area (Å²) in [4.78, 5) is 8.76. The van der Waals surface area contributed by atoms with Crippen LogP contribution in [-0.2, 0) is 0 Å². The number of hydrogen-bond acceptors (Lipinski definition) is 5. The number of halogens is 1. The number of hydrazine groups is 1. The Morgan fingerprint density at radius 1 is 1.33 bits per heavy atom. The maximum atomic E-state index is 13.0. The molecule has 0 spiro atoms. The molecular formula is C12H13FN4S. The predicted molar refractivity (Wildman–Crippen MR) is 69.2 cm³/mol. The summed E-state index contributed by atoms with van der Waals surface area (Å²) in [5.41, 5.74) is 3.62. The highest BCUT2D eigenvalue weighted by Crippen LogP contribution is 2.24. The molecule has 6 heteroatoms. The third kappa shape index (κ3) is 3.49. The molecular weight excluding hydrogens is 251 g/mol. The molecule has 1 heterocycles. The summed E-state index contributed by atoms with van der Waals surface area (Å²) in [7, 11) is 0. The van der Waals surface area contributed by atoms with Gasteiger partial charge in [-0.25, -0.2) is 14.4 Å². The number of thioether (sulfide) groups is 1. The Bertz CT molecular complexity index is 494. The van der Waals surface area contributed by atoms with E-state index in [1.165, 1.54) is 30.2 Å². The highest BCUT2D eigenvalue weighted by atomic mass is 32.2. The fourth-order valence-corrected chi connectivity index (χ4v) is 2.49. The van der Waals surface area contributed by atoms with Gasteiger partial charge in [-0.1, -0.05) is 6.07 Å². The molecule has 1 unspecified atom stereocenters. The van der Waals surface area contributed by atoms with Gasteiger partial charge < -0.3 is 0 Å². The molecule has 3 N–H and O–H groups in total. The summed E-state index contributed by atoms with van der Waals surface area (Å²) in [6, 6.07) is 6.41. The summed E-state index contributed by atoms with van der Waals surface area (Å²) in [6.45, 7) is 0. The lowest BCUT2D eigenvalue weighted by Gasteiger charge is -2.14. The number of rotatable bonds is 5. The van der Waals surface area contributed by atoms with Crippen LogP contribution in [0.5, 0.6) is 0 Å². The van der Waals surface area contributed by atoms with Crippen LogP contribution in [0.3, 0.4) is 0 Å². The molecule has 0 bridgehead atoms. The first-order valence-corrected chi connectivity index (χ1v) is 6.37. The number of benzene rings is 1. The quantitative estimate of drug-likeness (QED) is 0.490. The van der Waals surface area contributed by atoms with Gasteiger partial charge in [-0.2, -0.15) is 0 Å².